The van der Waals surface area contributed by atoms with Crippen LogP contribution >= 0.6 is 0 Å². The Bertz CT molecular complexity index is 1110. The van der Waals surface area contributed by atoms with Crippen molar-refractivity contribution >= 4 is 10.9 Å². The van der Waals surface area contributed by atoms with Crippen molar-refractivity contribution in [2.45, 2.75) is 0 Å². The largest absolute Gasteiger partial charge is 0.497 e. The highest BCUT2D eigenvalue weighted by Crippen LogP contribution is 2.31. The summed E-state index contributed by atoms with van der Waals surface area (Å²) in [6, 6.07) is 28.2. The van der Waals surface area contributed by atoms with Gasteiger partial charge < -0.3 is 4.74 Å². The molecule has 2 nitrogen and oxygen atoms in total. The van der Waals surface area contributed by atoms with Gasteiger partial charge in [-0.1, -0.05) is 54.5 Å². The fourth-order valence-corrected chi connectivity index (χ4v) is 2.91. The fraction of sp³-hybridized carbons (Fsp3) is 0.0417. The van der Waals surface area contributed by atoms with Crippen LogP contribution in [0, 0.1) is 11.8 Å². The van der Waals surface area contributed by atoms with Crippen LogP contribution in [-0.4, -0.2) is 12.1 Å². The molecule has 4 aromatic rings. The molecule has 0 aliphatic carbocycles. The molecule has 26 heavy (non-hydrogen) atoms. The van der Waals surface area contributed by atoms with Gasteiger partial charge >= 0.3 is 0 Å². The maximum absolute atomic E-state index is 5.39. The summed E-state index contributed by atoms with van der Waals surface area (Å²) >= 11 is 0. The minimum atomic E-state index is 0.755. The van der Waals surface area contributed by atoms with Gasteiger partial charge in [0.05, 0.1) is 12.6 Å². The van der Waals surface area contributed by atoms with E-state index < -0.39 is 0 Å². The summed E-state index contributed by atoms with van der Waals surface area (Å²) in [7, 11) is 1.68. The van der Waals surface area contributed by atoms with Crippen molar-refractivity contribution in [2.75, 3.05) is 7.11 Å². The van der Waals surface area contributed by atoms with E-state index in [1.807, 2.05) is 72.8 Å². The molecule has 4 rings (SSSR count). The molecular weight excluding hydrogens is 318 g/mol. The minimum Gasteiger partial charge on any atom is -0.497 e. The van der Waals surface area contributed by atoms with E-state index in [0.29, 0.717) is 0 Å². The van der Waals surface area contributed by atoms with Crippen molar-refractivity contribution in [1.82, 2.24) is 4.98 Å². The van der Waals surface area contributed by atoms with Crippen LogP contribution in [0.15, 0.2) is 84.9 Å². The van der Waals surface area contributed by atoms with Crippen LogP contribution in [0.3, 0.4) is 0 Å². The number of aromatic nitrogens is 1. The van der Waals surface area contributed by atoms with Crippen LogP contribution in [0.2, 0.25) is 0 Å². The number of pyridine rings is 1. The van der Waals surface area contributed by atoms with Crippen molar-refractivity contribution in [3.8, 4) is 28.7 Å². The van der Waals surface area contributed by atoms with Gasteiger partial charge in [0, 0.05) is 10.9 Å². The van der Waals surface area contributed by atoms with Gasteiger partial charge in [-0.05, 0) is 53.4 Å². The summed E-state index contributed by atoms with van der Waals surface area (Å²) in [4.78, 5) is 4.72. The average molecular weight is 335 g/mol. The average Bonchev–Trinajstić information content (AvgIpc) is 2.72. The molecule has 0 amide bonds. The smallest absolute Gasteiger partial charge is 0.119 e. The predicted molar refractivity (Wildman–Crippen MR) is 106 cm³/mol. The van der Waals surface area contributed by atoms with Crippen LogP contribution < -0.4 is 4.74 Å². The van der Waals surface area contributed by atoms with Gasteiger partial charge in [0.2, 0.25) is 0 Å². The molecule has 0 saturated carbocycles. The van der Waals surface area contributed by atoms with E-state index >= 15 is 0 Å². The first-order valence-corrected chi connectivity index (χ1v) is 8.45. The SMILES string of the molecule is COc1ccc2nc(C#Cc3ccccc3)cc(-c3ccccc3)c2c1. The van der Waals surface area contributed by atoms with Gasteiger partial charge in [-0.15, -0.1) is 0 Å². The molecule has 124 valence electrons. The summed E-state index contributed by atoms with van der Waals surface area (Å²) in [5.74, 6) is 7.21. The molecule has 2 heteroatoms. The first-order chi connectivity index (χ1) is 12.8. The van der Waals surface area contributed by atoms with E-state index in [1.54, 1.807) is 7.11 Å². The number of ether oxygens (including phenoxy) is 1. The molecule has 0 unspecified atom stereocenters. The topological polar surface area (TPSA) is 22.1 Å². The molecular formula is C24H17NO. The number of methoxy groups -OCH3 is 1. The van der Waals surface area contributed by atoms with Crippen molar-refractivity contribution in [2.24, 2.45) is 0 Å². The van der Waals surface area contributed by atoms with Crippen LogP contribution in [-0.2, 0) is 0 Å². The maximum atomic E-state index is 5.39. The van der Waals surface area contributed by atoms with E-state index in [4.69, 9.17) is 9.72 Å². The van der Waals surface area contributed by atoms with Crippen molar-refractivity contribution < 1.29 is 4.74 Å². The monoisotopic (exact) mass is 335 g/mol. The van der Waals surface area contributed by atoms with Crippen molar-refractivity contribution in [1.29, 1.82) is 0 Å². The van der Waals surface area contributed by atoms with Gasteiger partial charge in [-0.3, -0.25) is 0 Å². The van der Waals surface area contributed by atoms with Gasteiger partial charge in [0.1, 0.15) is 11.4 Å². The normalized spacial score (nSPS) is 10.2. The zero-order valence-corrected chi connectivity index (χ0v) is 14.4. The molecule has 1 heterocycles. The summed E-state index contributed by atoms with van der Waals surface area (Å²) < 4.78 is 5.39. The highest BCUT2D eigenvalue weighted by atomic mass is 16.5. The van der Waals surface area contributed by atoms with Crippen molar-refractivity contribution in [3.05, 3.63) is 96.2 Å². The molecule has 0 atom stereocenters. The Morgan fingerprint density at radius 1 is 0.769 bits per heavy atom. The van der Waals surface area contributed by atoms with E-state index in [9.17, 15) is 0 Å². The molecule has 0 saturated heterocycles. The lowest BCUT2D eigenvalue weighted by Crippen LogP contribution is -1.91. The molecule has 0 aliphatic heterocycles. The zero-order chi connectivity index (χ0) is 17.8. The van der Waals surface area contributed by atoms with Gasteiger partial charge in [-0.2, -0.15) is 0 Å². The number of rotatable bonds is 2. The summed E-state index contributed by atoms with van der Waals surface area (Å²) in [6.45, 7) is 0. The standard InChI is InChI=1S/C24H17NO/c1-26-21-14-15-24-23(17-21)22(19-10-6-3-7-11-19)16-20(25-24)13-12-18-8-4-2-5-9-18/h2-11,14-17H,1H3. The lowest BCUT2D eigenvalue weighted by Gasteiger charge is -2.09. The molecule has 3 aromatic carbocycles. The van der Waals surface area contributed by atoms with Crippen LogP contribution in [0.1, 0.15) is 11.3 Å². The molecule has 0 bridgehead atoms. The second kappa shape index (κ2) is 7.13. The second-order valence-corrected chi connectivity index (χ2v) is 5.92. The molecule has 1 aromatic heterocycles. The third-order valence-electron chi connectivity index (χ3n) is 4.21. The predicted octanol–water partition coefficient (Wildman–Crippen LogP) is 5.31. The third kappa shape index (κ3) is 3.29. The van der Waals surface area contributed by atoms with Crippen LogP contribution in [0.5, 0.6) is 5.75 Å². The summed E-state index contributed by atoms with van der Waals surface area (Å²) in [6.07, 6.45) is 0. The Morgan fingerprint density at radius 2 is 1.50 bits per heavy atom. The quantitative estimate of drug-likeness (QED) is 0.463. The zero-order valence-electron chi connectivity index (χ0n) is 14.4. The number of nitrogens with zero attached hydrogens (tertiary/aromatic N) is 1. The Kier molecular flexibility index (Phi) is 4.37. The highest BCUT2D eigenvalue weighted by Gasteiger charge is 2.08. The van der Waals surface area contributed by atoms with Crippen LogP contribution in [0.4, 0.5) is 0 Å². The number of hydrogen-bond donors (Lipinski definition) is 0. The Hall–Kier alpha value is -3.57. The minimum absolute atomic E-state index is 0.755. The highest BCUT2D eigenvalue weighted by molar-refractivity contribution is 5.96. The fourth-order valence-electron chi connectivity index (χ4n) is 2.91. The van der Waals surface area contributed by atoms with E-state index in [2.05, 4.69) is 24.0 Å². The lowest BCUT2D eigenvalue weighted by molar-refractivity contribution is 0.415. The van der Waals surface area contributed by atoms with Gasteiger partial charge in [-0.25, -0.2) is 4.98 Å². The third-order valence-corrected chi connectivity index (χ3v) is 4.21. The maximum Gasteiger partial charge on any atom is 0.119 e. The van der Waals surface area contributed by atoms with E-state index in [1.165, 1.54) is 0 Å². The second-order valence-electron chi connectivity index (χ2n) is 5.92. The molecule has 0 fully saturated rings. The first-order valence-electron chi connectivity index (χ1n) is 8.45. The van der Waals surface area contributed by atoms with Gasteiger partial charge in [0.15, 0.2) is 0 Å². The number of benzene rings is 3. The molecule has 0 radical (unpaired) electrons. The summed E-state index contributed by atoms with van der Waals surface area (Å²) in [5.41, 5.74) is 4.88. The van der Waals surface area contributed by atoms with E-state index in [-0.39, 0.29) is 0 Å². The molecule has 0 aliphatic rings. The Balaban J connectivity index is 1.90. The number of hydrogen-bond acceptors (Lipinski definition) is 2. The molecule has 0 N–H and O–H groups in total. The Labute approximate surface area is 153 Å². The lowest BCUT2D eigenvalue weighted by atomic mass is 10.00. The molecule has 0 spiro atoms. The Morgan fingerprint density at radius 3 is 2.23 bits per heavy atom. The van der Waals surface area contributed by atoms with Crippen LogP contribution in [0.25, 0.3) is 22.0 Å². The van der Waals surface area contributed by atoms with Crippen molar-refractivity contribution in [3.63, 3.8) is 0 Å². The van der Waals surface area contributed by atoms with Gasteiger partial charge in [0.25, 0.3) is 0 Å². The summed E-state index contributed by atoms with van der Waals surface area (Å²) in [5, 5.41) is 1.06. The van der Waals surface area contributed by atoms with E-state index in [0.717, 1.165) is 39.0 Å². The first kappa shape index (κ1) is 15.9. The number of fused-ring (bicyclic) bond motifs is 1.